The van der Waals surface area contributed by atoms with Gasteiger partial charge in [0.25, 0.3) is 5.91 Å². The molecule has 1 aromatic rings. The molecule has 4 heteroatoms. The first-order valence-electron chi connectivity index (χ1n) is 6.02. The molecule has 2 aliphatic rings. The number of aliphatic hydroxyl groups excluding tert-OH is 1. The molecule has 0 spiro atoms. The van der Waals surface area contributed by atoms with Crippen LogP contribution in [-0.2, 0) is 6.54 Å². The molecule has 1 atom stereocenters. The van der Waals surface area contributed by atoms with E-state index in [-0.39, 0.29) is 12.5 Å². The molecule has 0 aromatic heterocycles. The van der Waals surface area contributed by atoms with Gasteiger partial charge in [0, 0.05) is 24.7 Å². The molecule has 1 amide bonds. The molecular weight excluding hydrogens is 216 g/mol. The van der Waals surface area contributed by atoms with Crippen molar-refractivity contribution in [1.29, 1.82) is 0 Å². The molecule has 0 saturated heterocycles. The number of fused-ring (bicyclic) bond motifs is 1. The Kier molecular flexibility index (Phi) is 2.42. The monoisotopic (exact) mass is 232 g/mol. The first-order valence-corrected chi connectivity index (χ1v) is 6.02. The minimum Gasteiger partial charge on any atom is -0.387 e. The standard InChI is InChI=1S/C13H16N2O2/c14-6-12(16)8-1-2-9-7-15(10-3-4-10)13(17)11(9)5-8/h1-2,5,10,12,16H,3-4,6-7,14H2. The van der Waals surface area contributed by atoms with Crippen molar-refractivity contribution in [1.82, 2.24) is 4.90 Å². The third kappa shape index (κ3) is 1.73. The van der Waals surface area contributed by atoms with Crippen LogP contribution in [-0.4, -0.2) is 28.5 Å². The summed E-state index contributed by atoms with van der Waals surface area (Å²) in [6.07, 6.45) is 1.57. The smallest absolute Gasteiger partial charge is 0.254 e. The van der Waals surface area contributed by atoms with Crippen molar-refractivity contribution >= 4 is 5.91 Å². The van der Waals surface area contributed by atoms with Gasteiger partial charge < -0.3 is 15.7 Å². The van der Waals surface area contributed by atoms with Crippen LogP contribution in [0.1, 0.15) is 40.4 Å². The summed E-state index contributed by atoms with van der Waals surface area (Å²) in [6, 6.07) is 6.03. The number of rotatable bonds is 3. The lowest BCUT2D eigenvalue weighted by Crippen LogP contribution is -2.25. The highest BCUT2D eigenvalue weighted by Crippen LogP contribution is 2.35. The van der Waals surface area contributed by atoms with Gasteiger partial charge in [0.15, 0.2) is 0 Å². The van der Waals surface area contributed by atoms with Gasteiger partial charge in [0.05, 0.1) is 6.10 Å². The van der Waals surface area contributed by atoms with Crippen LogP contribution in [0.5, 0.6) is 0 Å². The highest BCUT2D eigenvalue weighted by atomic mass is 16.3. The molecule has 3 N–H and O–H groups in total. The summed E-state index contributed by atoms with van der Waals surface area (Å²) < 4.78 is 0. The van der Waals surface area contributed by atoms with Crippen LogP contribution >= 0.6 is 0 Å². The van der Waals surface area contributed by atoms with Crippen LogP contribution in [0.4, 0.5) is 0 Å². The highest BCUT2D eigenvalue weighted by Gasteiger charge is 2.38. The van der Waals surface area contributed by atoms with E-state index in [2.05, 4.69) is 0 Å². The second-order valence-corrected chi connectivity index (χ2v) is 4.83. The Balaban J connectivity index is 1.92. The minimum atomic E-state index is -0.678. The van der Waals surface area contributed by atoms with Crippen molar-refractivity contribution < 1.29 is 9.90 Å². The van der Waals surface area contributed by atoms with Crippen molar-refractivity contribution in [3.63, 3.8) is 0 Å². The van der Waals surface area contributed by atoms with E-state index in [0.29, 0.717) is 6.04 Å². The number of nitrogens with two attached hydrogens (primary N) is 1. The number of carbonyl (C=O) groups excluding carboxylic acids is 1. The zero-order valence-corrected chi connectivity index (χ0v) is 9.60. The SMILES string of the molecule is NCC(O)c1ccc2c(c1)C(=O)N(C1CC1)C2. The van der Waals surface area contributed by atoms with E-state index in [9.17, 15) is 9.90 Å². The molecule has 90 valence electrons. The lowest BCUT2D eigenvalue weighted by molar-refractivity contribution is 0.0766. The average molecular weight is 232 g/mol. The number of hydrogen-bond donors (Lipinski definition) is 2. The molecule has 1 unspecified atom stereocenters. The van der Waals surface area contributed by atoms with E-state index in [4.69, 9.17) is 5.73 Å². The maximum absolute atomic E-state index is 12.2. The highest BCUT2D eigenvalue weighted by molar-refractivity contribution is 5.98. The summed E-state index contributed by atoms with van der Waals surface area (Å²) in [5, 5.41) is 9.68. The molecule has 1 fully saturated rings. The lowest BCUT2D eigenvalue weighted by Gasteiger charge is -2.13. The summed E-state index contributed by atoms with van der Waals surface area (Å²) in [5.41, 5.74) is 7.96. The quantitative estimate of drug-likeness (QED) is 0.810. The van der Waals surface area contributed by atoms with Crippen LogP contribution in [0.2, 0.25) is 0 Å². The second-order valence-electron chi connectivity index (χ2n) is 4.83. The molecule has 0 radical (unpaired) electrons. The Labute approximate surface area is 100 Å². The Hall–Kier alpha value is -1.39. The van der Waals surface area contributed by atoms with E-state index in [1.54, 1.807) is 6.07 Å². The maximum Gasteiger partial charge on any atom is 0.254 e. The molecule has 17 heavy (non-hydrogen) atoms. The molecular formula is C13H16N2O2. The Morgan fingerprint density at radius 1 is 1.47 bits per heavy atom. The number of carbonyl (C=O) groups is 1. The lowest BCUT2D eigenvalue weighted by atomic mass is 10.0. The third-order valence-corrected chi connectivity index (χ3v) is 3.56. The van der Waals surface area contributed by atoms with Crippen LogP contribution in [0.3, 0.4) is 0 Å². The fourth-order valence-electron chi connectivity index (χ4n) is 2.37. The number of nitrogens with zero attached hydrogens (tertiary/aromatic N) is 1. The maximum atomic E-state index is 12.2. The normalized spacial score (nSPS) is 20.6. The van der Waals surface area contributed by atoms with Crippen molar-refractivity contribution in [2.24, 2.45) is 5.73 Å². The number of amides is 1. The zero-order valence-electron chi connectivity index (χ0n) is 9.60. The molecule has 1 saturated carbocycles. The van der Waals surface area contributed by atoms with E-state index >= 15 is 0 Å². The second kappa shape index (κ2) is 3.82. The summed E-state index contributed by atoms with van der Waals surface area (Å²) in [5.74, 6) is 0.105. The van der Waals surface area contributed by atoms with Crippen LogP contribution in [0.25, 0.3) is 0 Å². The molecule has 1 heterocycles. The van der Waals surface area contributed by atoms with Gasteiger partial charge >= 0.3 is 0 Å². The Morgan fingerprint density at radius 2 is 2.24 bits per heavy atom. The largest absolute Gasteiger partial charge is 0.387 e. The van der Waals surface area contributed by atoms with Gasteiger partial charge in [-0.3, -0.25) is 4.79 Å². The topological polar surface area (TPSA) is 66.6 Å². The summed E-state index contributed by atoms with van der Waals surface area (Å²) in [7, 11) is 0. The summed E-state index contributed by atoms with van der Waals surface area (Å²) in [4.78, 5) is 14.1. The van der Waals surface area contributed by atoms with Gasteiger partial charge in [0.1, 0.15) is 0 Å². The number of aliphatic hydroxyl groups is 1. The summed E-state index contributed by atoms with van der Waals surface area (Å²) in [6.45, 7) is 0.900. The Morgan fingerprint density at radius 3 is 2.88 bits per heavy atom. The van der Waals surface area contributed by atoms with E-state index < -0.39 is 6.10 Å². The van der Waals surface area contributed by atoms with Crippen molar-refractivity contribution in [3.8, 4) is 0 Å². The first kappa shape index (κ1) is 10.7. The van der Waals surface area contributed by atoms with Crippen molar-refractivity contribution in [2.45, 2.75) is 31.5 Å². The van der Waals surface area contributed by atoms with E-state index in [1.807, 2.05) is 17.0 Å². The zero-order chi connectivity index (χ0) is 12.0. The van der Waals surface area contributed by atoms with Gasteiger partial charge in [-0.25, -0.2) is 0 Å². The third-order valence-electron chi connectivity index (χ3n) is 3.56. The average Bonchev–Trinajstić information content (AvgIpc) is 3.14. The molecule has 1 aliphatic heterocycles. The molecule has 4 nitrogen and oxygen atoms in total. The van der Waals surface area contributed by atoms with Gasteiger partial charge in [-0.05, 0) is 30.0 Å². The predicted octanol–water partition coefficient (Wildman–Crippen LogP) is 0.797. The van der Waals surface area contributed by atoms with E-state index in [1.165, 1.54) is 0 Å². The van der Waals surface area contributed by atoms with E-state index in [0.717, 1.165) is 36.1 Å². The van der Waals surface area contributed by atoms with Crippen LogP contribution in [0, 0.1) is 0 Å². The van der Waals surface area contributed by atoms with Crippen LogP contribution in [0.15, 0.2) is 18.2 Å². The van der Waals surface area contributed by atoms with Gasteiger partial charge in [0.2, 0.25) is 0 Å². The summed E-state index contributed by atoms with van der Waals surface area (Å²) >= 11 is 0. The van der Waals surface area contributed by atoms with Gasteiger partial charge in [-0.1, -0.05) is 12.1 Å². The molecule has 0 bridgehead atoms. The fourth-order valence-corrected chi connectivity index (χ4v) is 2.37. The molecule has 1 aromatic carbocycles. The molecule has 3 rings (SSSR count). The van der Waals surface area contributed by atoms with Gasteiger partial charge in [-0.2, -0.15) is 0 Å². The number of hydrogen-bond acceptors (Lipinski definition) is 3. The minimum absolute atomic E-state index is 0.105. The van der Waals surface area contributed by atoms with Gasteiger partial charge in [-0.15, -0.1) is 0 Å². The van der Waals surface area contributed by atoms with Crippen LogP contribution < -0.4 is 5.73 Å². The fraction of sp³-hybridized carbons (Fsp3) is 0.462. The van der Waals surface area contributed by atoms with Crippen molar-refractivity contribution in [2.75, 3.05) is 6.54 Å². The molecule has 1 aliphatic carbocycles. The van der Waals surface area contributed by atoms with Crippen molar-refractivity contribution in [3.05, 3.63) is 34.9 Å². The Bertz CT molecular complexity index is 468. The number of benzene rings is 1. The predicted molar refractivity (Wildman–Crippen MR) is 63.4 cm³/mol. The first-order chi connectivity index (χ1) is 8.20.